The third-order valence-corrected chi connectivity index (χ3v) is 2.62. The molecule has 0 radical (unpaired) electrons. The summed E-state index contributed by atoms with van der Waals surface area (Å²) < 4.78 is 0. The number of carboxylic acid groups (broad SMARTS) is 1. The maximum Gasteiger partial charge on any atom is 0.303 e. The minimum atomic E-state index is -0.896. The molecule has 1 rings (SSSR count). The van der Waals surface area contributed by atoms with Crippen molar-refractivity contribution in [2.45, 2.75) is 45.1 Å². The molecule has 1 aliphatic rings. The van der Waals surface area contributed by atoms with Gasteiger partial charge < -0.3 is 5.11 Å². The molecule has 5 nitrogen and oxygen atoms in total. The van der Waals surface area contributed by atoms with Crippen LogP contribution in [0.15, 0.2) is 0 Å². The molecule has 1 atom stereocenters. The van der Waals surface area contributed by atoms with Gasteiger partial charge in [0.1, 0.15) is 0 Å². The highest BCUT2D eigenvalue weighted by molar-refractivity contribution is 6.02. The smallest absolute Gasteiger partial charge is 0.303 e. The average molecular weight is 213 g/mol. The lowest BCUT2D eigenvalue weighted by Gasteiger charge is -2.24. The molecule has 5 heteroatoms. The van der Waals surface area contributed by atoms with Crippen molar-refractivity contribution in [3.05, 3.63) is 0 Å². The van der Waals surface area contributed by atoms with Crippen LogP contribution in [0.2, 0.25) is 0 Å². The molecule has 0 aromatic heterocycles. The van der Waals surface area contributed by atoms with Crippen molar-refractivity contribution in [2.24, 2.45) is 0 Å². The SMILES string of the molecule is CCC(CCC(=O)O)N1C(=O)CCC1=O. The average Bonchev–Trinajstić information content (AvgIpc) is 2.49. The Bertz CT molecular complexity index is 271. The number of likely N-dealkylation sites (tertiary alicyclic amines) is 1. The minimum Gasteiger partial charge on any atom is -0.481 e. The third-order valence-electron chi connectivity index (χ3n) is 2.62. The Morgan fingerprint density at radius 1 is 1.40 bits per heavy atom. The first-order valence-electron chi connectivity index (χ1n) is 5.13. The summed E-state index contributed by atoms with van der Waals surface area (Å²) in [7, 11) is 0. The Morgan fingerprint density at radius 2 is 1.93 bits per heavy atom. The number of aliphatic carboxylic acids is 1. The van der Waals surface area contributed by atoms with E-state index < -0.39 is 5.97 Å². The van der Waals surface area contributed by atoms with E-state index in [2.05, 4.69) is 0 Å². The van der Waals surface area contributed by atoms with Crippen LogP contribution in [0.1, 0.15) is 39.0 Å². The molecule has 0 aliphatic carbocycles. The predicted octanol–water partition coefficient (Wildman–Crippen LogP) is 0.779. The van der Waals surface area contributed by atoms with Crippen molar-refractivity contribution in [3.8, 4) is 0 Å². The van der Waals surface area contributed by atoms with Crippen molar-refractivity contribution in [1.29, 1.82) is 0 Å². The van der Waals surface area contributed by atoms with Gasteiger partial charge in [-0.15, -0.1) is 0 Å². The summed E-state index contributed by atoms with van der Waals surface area (Å²) in [5.74, 6) is -1.23. The predicted molar refractivity (Wildman–Crippen MR) is 52.0 cm³/mol. The molecule has 1 fully saturated rings. The number of nitrogens with zero attached hydrogens (tertiary/aromatic N) is 1. The molecule has 2 amide bonds. The van der Waals surface area contributed by atoms with E-state index in [1.165, 1.54) is 4.90 Å². The summed E-state index contributed by atoms with van der Waals surface area (Å²) in [5, 5.41) is 8.54. The Balaban J connectivity index is 2.60. The highest BCUT2D eigenvalue weighted by Gasteiger charge is 2.33. The molecule has 84 valence electrons. The van der Waals surface area contributed by atoms with Crippen LogP contribution in [0.5, 0.6) is 0 Å². The van der Waals surface area contributed by atoms with Crippen LogP contribution >= 0.6 is 0 Å². The van der Waals surface area contributed by atoms with Gasteiger partial charge >= 0.3 is 5.97 Å². The normalized spacial score (nSPS) is 18.3. The van der Waals surface area contributed by atoms with Gasteiger partial charge in [-0.3, -0.25) is 19.3 Å². The minimum absolute atomic E-state index is 0.00440. The summed E-state index contributed by atoms with van der Waals surface area (Å²) in [6.45, 7) is 1.85. The van der Waals surface area contributed by atoms with Crippen molar-refractivity contribution in [3.63, 3.8) is 0 Å². The van der Waals surface area contributed by atoms with Crippen LogP contribution in [0, 0.1) is 0 Å². The van der Waals surface area contributed by atoms with Crippen molar-refractivity contribution >= 4 is 17.8 Å². The Morgan fingerprint density at radius 3 is 2.33 bits per heavy atom. The lowest BCUT2D eigenvalue weighted by molar-refractivity contribution is -0.143. The van der Waals surface area contributed by atoms with Crippen LogP contribution in [0.3, 0.4) is 0 Å². The summed E-state index contributed by atoms with van der Waals surface area (Å²) in [6, 6.07) is -0.247. The van der Waals surface area contributed by atoms with Crippen molar-refractivity contribution in [1.82, 2.24) is 4.90 Å². The Hall–Kier alpha value is -1.39. The Labute approximate surface area is 88.1 Å². The molecule has 1 heterocycles. The number of hydrogen-bond acceptors (Lipinski definition) is 3. The quantitative estimate of drug-likeness (QED) is 0.685. The molecule has 15 heavy (non-hydrogen) atoms. The molecule has 1 aliphatic heterocycles. The lowest BCUT2D eigenvalue weighted by atomic mass is 10.1. The molecule has 1 saturated heterocycles. The Kier molecular flexibility index (Phi) is 3.82. The van der Waals surface area contributed by atoms with E-state index in [0.717, 1.165) is 0 Å². The molecule has 1 N–H and O–H groups in total. The van der Waals surface area contributed by atoms with Gasteiger partial charge in [0.25, 0.3) is 0 Å². The first kappa shape index (κ1) is 11.7. The van der Waals surface area contributed by atoms with Gasteiger partial charge in [0, 0.05) is 25.3 Å². The van der Waals surface area contributed by atoms with E-state index in [1.807, 2.05) is 6.92 Å². The van der Waals surface area contributed by atoms with E-state index >= 15 is 0 Å². The molecule has 0 spiro atoms. The second kappa shape index (κ2) is 4.91. The fraction of sp³-hybridized carbons (Fsp3) is 0.700. The van der Waals surface area contributed by atoms with Crippen LogP contribution in [0.4, 0.5) is 0 Å². The lowest BCUT2D eigenvalue weighted by Crippen LogP contribution is -2.39. The zero-order valence-corrected chi connectivity index (χ0v) is 8.73. The zero-order chi connectivity index (χ0) is 11.4. The van der Waals surface area contributed by atoms with Gasteiger partial charge in [0.05, 0.1) is 0 Å². The summed E-state index contributed by atoms with van der Waals surface area (Å²) in [6.07, 6.45) is 1.49. The maximum absolute atomic E-state index is 11.4. The molecular weight excluding hydrogens is 198 g/mol. The van der Waals surface area contributed by atoms with Gasteiger partial charge in [0.15, 0.2) is 0 Å². The number of carbonyl (C=O) groups excluding carboxylic acids is 2. The van der Waals surface area contributed by atoms with Crippen molar-refractivity contribution < 1.29 is 19.5 Å². The van der Waals surface area contributed by atoms with Gasteiger partial charge in [-0.05, 0) is 12.8 Å². The number of rotatable bonds is 5. The largest absolute Gasteiger partial charge is 0.481 e. The summed E-state index contributed by atoms with van der Waals surface area (Å²) in [5.41, 5.74) is 0. The van der Waals surface area contributed by atoms with Crippen LogP contribution in [-0.2, 0) is 14.4 Å². The first-order chi connectivity index (χ1) is 7.06. The number of carboxylic acids is 1. The van der Waals surface area contributed by atoms with Crippen LogP contribution in [-0.4, -0.2) is 33.8 Å². The van der Waals surface area contributed by atoms with E-state index in [0.29, 0.717) is 12.8 Å². The molecule has 0 saturated carbocycles. The molecule has 0 bridgehead atoms. The highest BCUT2D eigenvalue weighted by Crippen LogP contribution is 2.20. The highest BCUT2D eigenvalue weighted by atomic mass is 16.4. The summed E-state index contributed by atoms with van der Waals surface area (Å²) in [4.78, 5) is 34.4. The van der Waals surface area contributed by atoms with E-state index in [1.54, 1.807) is 0 Å². The standard InChI is InChI=1S/C10H15NO4/c1-2-7(3-6-10(14)15)11-8(12)4-5-9(11)13/h7H,2-6H2,1H3,(H,14,15). The number of amides is 2. The van der Waals surface area contributed by atoms with E-state index in [-0.39, 0.29) is 37.1 Å². The zero-order valence-electron chi connectivity index (χ0n) is 8.73. The topological polar surface area (TPSA) is 74.7 Å². The fourth-order valence-electron chi connectivity index (χ4n) is 1.81. The van der Waals surface area contributed by atoms with Crippen molar-refractivity contribution in [2.75, 3.05) is 0 Å². The molecule has 0 aromatic rings. The second-order valence-corrected chi connectivity index (χ2v) is 3.65. The van der Waals surface area contributed by atoms with Crippen LogP contribution < -0.4 is 0 Å². The fourth-order valence-corrected chi connectivity index (χ4v) is 1.81. The van der Waals surface area contributed by atoms with E-state index in [9.17, 15) is 14.4 Å². The number of imide groups is 1. The van der Waals surface area contributed by atoms with Gasteiger partial charge in [-0.1, -0.05) is 6.92 Å². The maximum atomic E-state index is 11.4. The molecule has 0 aromatic carbocycles. The summed E-state index contributed by atoms with van der Waals surface area (Å²) >= 11 is 0. The van der Waals surface area contributed by atoms with Gasteiger partial charge in [0.2, 0.25) is 11.8 Å². The van der Waals surface area contributed by atoms with Crippen LogP contribution in [0.25, 0.3) is 0 Å². The number of hydrogen-bond donors (Lipinski definition) is 1. The third kappa shape index (κ3) is 2.78. The molecular formula is C10H15NO4. The van der Waals surface area contributed by atoms with Gasteiger partial charge in [-0.25, -0.2) is 0 Å². The number of carbonyl (C=O) groups is 3. The molecule has 1 unspecified atom stereocenters. The second-order valence-electron chi connectivity index (χ2n) is 3.65. The first-order valence-corrected chi connectivity index (χ1v) is 5.13. The van der Waals surface area contributed by atoms with Gasteiger partial charge in [-0.2, -0.15) is 0 Å². The monoisotopic (exact) mass is 213 g/mol. The van der Waals surface area contributed by atoms with E-state index in [4.69, 9.17) is 5.11 Å².